The lowest BCUT2D eigenvalue weighted by atomic mass is 9.98. The third kappa shape index (κ3) is 1.61. The standard InChI is InChI=1S/C12H14N2OS/c15-14-11-8-4-5-9(7-8)12(11)16-10-3-1-2-6-13-10/h1-3,6,8-9,12,15H,4-5,7H2/b14-11-/t8-,9+,12+/m0/s1. The maximum absolute atomic E-state index is 9.09. The smallest absolute Gasteiger partial charge is 0.0966 e. The van der Waals surface area contributed by atoms with Crippen molar-refractivity contribution in [2.75, 3.05) is 0 Å². The molecule has 3 nitrogen and oxygen atoms in total. The molecule has 1 aromatic rings. The minimum Gasteiger partial charge on any atom is -0.411 e. The van der Waals surface area contributed by atoms with Gasteiger partial charge in [0.15, 0.2) is 0 Å². The van der Waals surface area contributed by atoms with Crippen LogP contribution in [0.5, 0.6) is 0 Å². The molecule has 2 bridgehead atoms. The summed E-state index contributed by atoms with van der Waals surface area (Å²) < 4.78 is 0. The van der Waals surface area contributed by atoms with E-state index in [0.29, 0.717) is 17.1 Å². The van der Waals surface area contributed by atoms with Crippen molar-refractivity contribution in [2.24, 2.45) is 17.0 Å². The van der Waals surface area contributed by atoms with Crippen molar-refractivity contribution in [2.45, 2.75) is 29.5 Å². The van der Waals surface area contributed by atoms with Crippen molar-refractivity contribution in [1.82, 2.24) is 4.98 Å². The van der Waals surface area contributed by atoms with E-state index in [1.807, 2.05) is 24.4 Å². The summed E-state index contributed by atoms with van der Waals surface area (Å²) >= 11 is 1.75. The Kier molecular flexibility index (Phi) is 2.59. The first-order valence-electron chi connectivity index (χ1n) is 5.68. The van der Waals surface area contributed by atoms with Gasteiger partial charge in [-0.05, 0) is 37.3 Å². The fourth-order valence-electron chi connectivity index (χ4n) is 2.88. The Morgan fingerprint density at radius 3 is 3.06 bits per heavy atom. The molecule has 84 valence electrons. The first-order valence-corrected chi connectivity index (χ1v) is 6.56. The van der Waals surface area contributed by atoms with Gasteiger partial charge < -0.3 is 5.21 Å². The lowest BCUT2D eigenvalue weighted by Gasteiger charge is -2.21. The van der Waals surface area contributed by atoms with Crippen LogP contribution in [0.25, 0.3) is 0 Å². The maximum atomic E-state index is 9.09. The topological polar surface area (TPSA) is 45.5 Å². The molecule has 0 aromatic carbocycles. The van der Waals surface area contributed by atoms with Crippen LogP contribution in [0.1, 0.15) is 19.3 Å². The van der Waals surface area contributed by atoms with Gasteiger partial charge in [-0.15, -0.1) is 0 Å². The molecule has 2 aliphatic carbocycles. The normalized spacial score (nSPS) is 34.8. The molecule has 0 spiro atoms. The number of hydrogen-bond acceptors (Lipinski definition) is 4. The van der Waals surface area contributed by atoms with Crippen molar-refractivity contribution in [3.63, 3.8) is 0 Å². The Bertz CT molecular complexity index is 407. The molecule has 0 unspecified atom stereocenters. The molecule has 1 aromatic heterocycles. The van der Waals surface area contributed by atoms with E-state index in [2.05, 4.69) is 10.1 Å². The first-order chi connectivity index (χ1) is 7.88. The van der Waals surface area contributed by atoms with Gasteiger partial charge in [-0.1, -0.05) is 23.0 Å². The van der Waals surface area contributed by atoms with Gasteiger partial charge in [-0.2, -0.15) is 0 Å². The highest BCUT2D eigenvalue weighted by molar-refractivity contribution is 8.00. The summed E-state index contributed by atoms with van der Waals surface area (Å²) in [5.74, 6) is 1.21. The Morgan fingerprint density at radius 1 is 1.38 bits per heavy atom. The van der Waals surface area contributed by atoms with Crippen LogP contribution >= 0.6 is 11.8 Å². The Balaban J connectivity index is 1.80. The molecule has 3 atom stereocenters. The van der Waals surface area contributed by atoms with Gasteiger partial charge >= 0.3 is 0 Å². The van der Waals surface area contributed by atoms with Crippen LogP contribution in [0.2, 0.25) is 0 Å². The van der Waals surface area contributed by atoms with E-state index in [1.54, 1.807) is 11.8 Å². The van der Waals surface area contributed by atoms with Gasteiger partial charge in [0, 0.05) is 12.1 Å². The Hall–Kier alpha value is -1.03. The highest BCUT2D eigenvalue weighted by Crippen LogP contribution is 2.49. The molecule has 0 aliphatic heterocycles. The van der Waals surface area contributed by atoms with Gasteiger partial charge in [-0.3, -0.25) is 0 Å². The summed E-state index contributed by atoms with van der Waals surface area (Å²) in [6.45, 7) is 0. The van der Waals surface area contributed by atoms with Crippen LogP contribution in [0.15, 0.2) is 34.6 Å². The fraction of sp³-hybridized carbons (Fsp3) is 0.500. The number of oxime groups is 1. The zero-order valence-corrected chi connectivity index (χ0v) is 9.73. The van der Waals surface area contributed by atoms with E-state index < -0.39 is 0 Å². The zero-order valence-electron chi connectivity index (χ0n) is 8.91. The van der Waals surface area contributed by atoms with E-state index in [1.165, 1.54) is 19.3 Å². The molecule has 2 aliphatic rings. The molecule has 1 N–H and O–H groups in total. The largest absolute Gasteiger partial charge is 0.411 e. The van der Waals surface area contributed by atoms with Gasteiger partial charge in [0.1, 0.15) is 0 Å². The first kappa shape index (κ1) is 10.1. The molecular weight excluding hydrogens is 220 g/mol. The van der Waals surface area contributed by atoms with Crippen LogP contribution in [0.3, 0.4) is 0 Å². The van der Waals surface area contributed by atoms with Crippen LogP contribution in [0, 0.1) is 11.8 Å². The predicted octanol–water partition coefficient (Wildman–Crippen LogP) is 2.80. The summed E-state index contributed by atoms with van der Waals surface area (Å²) in [6.07, 6.45) is 5.48. The summed E-state index contributed by atoms with van der Waals surface area (Å²) in [5.41, 5.74) is 0.993. The molecule has 4 heteroatoms. The molecule has 0 amide bonds. The van der Waals surface area contributed by atoms with E-state index in [-0.39, 0.29) is 0 Å². The monoisotopic (exact) mass is 234 g/mol. The van der Waals surface area contributed by atoms with Crippen LogP contribution in [0.4, 0.5) is 0 Å². The molecule has 2 saturated carbocycles. The quantitative estimate of drug-likeness (QED) is 0.632. The SMILES string of the molecule is O/N=C1/[C@H]2CC[C@H](C2)[C@H]1Sc1ccccn1. The average molecular weight is 234 g/mol. The minimum atomic E-state index is 0.346. The number of aromatic nitrogens is 1. The number of rotatable bonds is 2. The van der Waals surface area contributed by atoms with Crippen molar-refractivity contribution < 1.29 is 5.21 Å². The van der Waals surface area contributed by atoms with E-state index in [9.17, 15) is 0 Å². The molecule has 16 heavy (non-hydrogen) atoms. The Morgan fingerprint density at radius 2 is 2.31 bits per heavy atom. The van der Waals surface area contributed by atoms with E-state index in [4.69, 9.17) is 5.21 Å². The number of hydrogen-bond donors (Lipinski definition) is 1. The molecule has 0 saturated heterocycles. The van der Waals surface area contributed by atoms with Crippen molar-refractivity contribution in [1.29, 1.82) is 0 Å². The van der Waals surface area contributed by atoms with Gasteiger partial charge in [0.2, 0.25) is 0 Å². The zero-order chi connectivity index (χ0) is 11.0. The Labute approximate surface area is 99.0 Å². The van der Waals surface area contributed by atoms with E-state index in [0.717, 1.165) is 10.7 Å². The summed E-state index contributed by atoms with van der Waals surface area (Å²) in [5, 5.41) is 14.0. The van der Waals surface area contributed by atoms with Crippen molar-refractivity contribution >= 4 is 17.5 Å². The summed E-state index contributed by atoms with van der Waals surface area (Å²) in [6, 6.07) is 5.94. The average Bonchev–Trinajstić information content (AvgIpc) is 2.91. The highest BCUT2D eigenvalue weighted by atomic mass is 32.2. The van der Waals surface area contributed by atoms with Gasteiger partial charge in [0.25, 0.3) is 0 Å². The third-order valence-electron chi connectivity index (χ3n) is 3.61. The fourth-order valence-corrected chi connectivity index (χ4v) is 4.21. The summed E-state index contributed by atoms with van der Waals surface area (Å²) in [4.78, 5) is 4.32. The number of fused-ring (bicyclic) bond motifs is 2. The van der Waals surface area contributed by atoms with Crippen molar-refractivity contribution in [3.05, 3.63) is 24.4 Å². The van der Waals surface area contributed by atoms with E-state index >= 15 is 0 Å². The minimum absolute atomic E-state index is 0.346. The van der Waals surface area contributed by atoms with Gasteiger partial charge in [0.05, 0.1) is 16.0 Å². The lowest BCUT2D eigenvalue weighted by Crippen LogP contribution is -2.24. The number of pyridine rings is 1. The molecule has 2 fully saturated rings. The molecular formula is C12H14N2OS. The van der Waals surface area contributed by atoms with Crippen LogP contribution in [-0.4, -0.2) is 21.2 Å². The van der Waals surface area contributed by atoms with Crippen molar-refractivity contribution in [3.8, 4) is 0 Å². The second kappa shape index (κ2) is 4.09. The third-order valence-corrected chi connectivity index (χ3v) is 4.98. The highest BCUT2D eigenvalue weighted by Gasteiger charge is 2.46. The molecule has 0 radical (unpaired) electrons. The summed E-state index contributed by atoms with van der Waals surface area (Å²) in [7, 11) is 0. The van der Waals surface area contributed by atoms with Crippen LogP contribution in [-0.2, 0) is 0 Å². The predicted molar refractivity (Wildman–Crippen MR) is 63.9 cm³/mol. The number of thioether (sulfide) groups is 1. The molecule has 3 rings (SSSR count). The second-order valence-electron chi connectivity index (χ2n) is 4.50. The molecule has 1 heterocycles. The maximum Gasteiger partial charge on any atom is 0.0966 e. The van der Waals surface area contributed by atoms with Crippen LogP contribution < -0.4 is 0 Å². The van der Waals surface area contributed by atoms with Gasteiger partial charge in [-0.25, -0.2) is 4.98 Å². The second-order valence-corrected chi connectivity index (χ2v) is 5.66. The number of nitrogens with zero attached hydrogens (tertiary/aromatic N) is 2. The lowest BCUT2D eigenvalue weighted by molar-refractivity contribution is 0.314.